The van der Waals surface area contributed by atoms with Gasteiger partial charge in [0.1, 0.15) is 11.6 Å². The maximum atomic E-state index is 13.5. The Morgan fingerprint density at radius 3 is 2.33 bits per heavy atom. The fourth-order valence-corrected chi connectivity index (χ4v) is 1.94. The molecule has 0 aliphatic heterocycles. The first-order valence-electron chi connectivity index (χ1n) is 5.04. The zero-order chi connectivity index (χ0) is 13.3. The number of hydrogen-bond acceptors (Lipinski definition) is 2. The van der Waals surface area contributed by atoms with Crippen LogP contribution in [-0.2, 0) is 0 Å². The number of ketones is 1. The van der Waals surface area contributed by atoms with Crippen molar-refractivity contribution in [3.8, 4) is 0 Å². The van der Waals surface area contributed by atoms with Gasteiger partial charge in [-0.25, -0.2) is 8.78 Å². The maximum absolute atomic E-state index is 13.5. The zero-order valence-electron chi connectivity index (χ0n) is 9.08. The second-order valence-electron chi connectivity index (χ2n) is 3.66. The van der Waals surface area contributed by atoms with E-state index in [1.807, 2.05) is 0 Å². The summed E-state index contributed by atoms with van der Waals surface area (Å²) in [6.45, 7) is 0. The molecule has 2 aromatic carbocycles. The van der Waals surface area contributed by atoms with Crippen LogP contribution in [0.25, 0.3) is 0 Å². The zero-order valence-corrected chi connectivity index (χ0v) is 10.7. The quantitative estimate of drug-likeness (QED) is 0.681. The topological polar surface area (TPSA) is 43.1 Å². The molecule has 0 bridgehead atoms. The molecule has 18 heavy (non-hydrogen) atoms. The number of hydrogen-bond donors (Lipinski definition) is 1. The minimum Gasteiger partial charge on any atom is -0.398 e. The van der Waals surface area contributed by atoms with E-state index in [2.05, 4.69) is 15.9 Å². The minimum absolute atomic E-state index is 0.0633. The Labute approximate surface area is 111 Å². The van der Waals surface area contributed by atoms with Gasteiger partial charge < -0.3 is 5.73 Å². The maximum Gasteiger partial charge on any atom is 0.201 e. The largest absolute Gasteiger partial charge is 0.398 e. The minimum atomic E-state index is -0.903. The Morgan fingerprint density at radius 2 is 1.72 bits per heavy atom. The third kappa shape index (κ3) is 2.26. The fourth-order valence-electron chi connectivity index (χ4n) is 1.57. The number of carbonyl (C=O) groups is 1. The van der Waals surface area contributed by atoms with Gasteiger partial charge in [0.2, 0.25) is 5.78 Å². The molecule has 2 N–H and O–H groups in total. The Morgan fingerprint density at radius 1 is 1.11 bits per heavy atom. The van der Waals surface area contributed by atoms with Gasteiger partial charge in [0.05, 0.1) is 5.56 Å². The molecule has 2 nitrogen and oxygen atoms in total. The average Bonchev–Trinajstić information content (AvgIpc) is 2.32. The first kappa shape index (κ1) is 12.7. The predicted octanol–water partition coefficient (Wildman–Crippen LogP) is 3.54. The van der Waals surface area contributed by atoms with Gasteiger partial charge in [0.25, 0.3) is 0 Å². The van der Waals surface area contributed by atoms with E-state index in [9.17, 15) is 13.6 Å². The number of nitrogens with two attached hydrogens (primary N) is 1. The highest BCUT2D eigenvalue weighted by atomic mass is 79.9. The summed E-state index contributed by atoms with van der Waals surface area (Å²) in [5.41, 5.74) is 5.28. The van der Waals surface area contributed by atoms with Gasteiger partial charge >= 0.3 is 0 Å². The van der Waals surface area contributed by atoms with E-state index in [4.69, 9.17) is 5.73 Å². The van der Waals surface area contributed by atoms with Crippen LogP contribution in [0.3, 0.4) is 0 Å². The SMILES string of the molecule is Nc1ccc(Br)cc1C(=O)c1c(F)cccc1F. The number of halogens is 3. The molecule has 2 rings (SSSR count). The van der Waals surface area contributed by atoms with Gasteiger partial charge in [0, 0.05) is 15.7 Å². The van der Waals surface area contributed by atoms with Crippen LogP contribution in [0.2, 0.25) is 0 Å². The molecular formula is C13H8BrF2NO. The fraction of sp³-hybridized carbons (Fsp3) is 0. The van der Waals surface area contributed by atoms with Crippen molar-refractivity contribution < 1.29 is 13.6 Å². The molecule has 0 radical (unpaired) electrons. The van der Waals surface area contributed by atoms with E-state index in [1.165, 1.54) is 18.2 Å². The van der Waals surface area contributed by atoms with E-state index in [0.717, 1.165) is 12.1 Å². The number of anilines is 1. The molecule has 0 aromatic heterocycles. The summed E-state index contributed by atoms with van der Waals surface area (Å²) in [5.74, 6) is -2.58. The number of rotatable bonds is 2. The van der Waals surface area contributed by atoms with Crippen molar-refractivity contribution in [2.45, 2.75) is 0 Å². The molecule has 0 aliphatic rings. The highest BCUT2D eigenvalue weighted by Gasteiger charge is 2.20. The summed E-state index contributed by atoms with van der Waals surface area (Å²) in [6, 6.07) is 7.84. The number of carbonyl (C=O) groups excluding carboxylic acids is 1. The Bertz CT molecular complexity index is 608. The Balaban J connectivity index is 2.58. The van der Waals surface area contributed by atoms with Gasteiger partial charge in [-0.3, -0.25) is 4.79 Å². The monoisotopic (exact) mass is 311 g/mol. The number of nitrogen functional groups attached to an aromatic ring is 1. The van der Waals surface area contributed by atoms with Gasteiger partial charge in [-0.1, -0.05) is 22.0 Å². The predicted molar refractivity (Wildman–Crippen MR) is 68.3 cm³/mol. The molecule has 92 valence electrons. The lowest BCUT2D eigenvalue weighted by molar-refractivity contribution is 0.103. The molecule has 0 aliphatic carbocycles. The third-order valence-corrected chi connectivity index (χ3v) is 2.94. The molecule has 0 saturated heterocycles. The lowest BCUT2D eigenvalue weighted by Crippen LogP contribution is -2.10. The van der Waals surface area contributed by atoms with Crippen LogP contribution in [0.4, 0.5) is 14.5 Å². The lowest BCUT2D eigenvalue weighted by Gasteiger charge is -2.07. The summed E-state index contributed by atoms with van der Waals surface area (Å²) in [6.07, 6.45) is 0. The molecule has 0 saturated carbocycles. The average molecular weight is 312 g/mol. The van der Waals surface area contributed by atoms with Crippen LogP contribution in [0.15, 0.2) is 40.9 Å². The van der Waals surface area contributed by atoms with E-state index < -0.39 is 23.0 Å². The lowest BCUT2D eigenvalue weighted by atomic mass is 10.0. The van der Waals surface area contributed by atoms with Crippen LogP contribution in [0.5, 0.6) is 0 Å². The van der Waals surface area contributed by atoms with Gasteiger partial charge in [-0.05, 0) is 30.3 Å². The van der Waals surface area contributed by atoms with Crippen LogP contribution in [0.1, 0.15) is 15.9 Å². The molecule has 0 atom stereocenters. The van der Waals surface area contributed by atoms with Crippen molar-refractivity contribution in [1.82, 2.24) is 0 Å². The number of benzene rings is 2. The van der Waals surface area contributed by atoms with Crippen molar-refractivity contribution in [1.29, 1.82) is 0 Å². The van der Waals surface area contributed by atoms with Gasteiger partial charge in [-0.2, -0.15) is 0 Å². The highest BCUT2D eigenvalue weighted by molar-refractivity contribution is 9.10. The molecule has 0 heterocycles. The molecule has 5 heteroatoms. The summed E-state index contributed by atoms with van der Waals surface area (Å²) in [7, 11) is 0. The third-order valence-electron chi connectivity index (χ3n) is 2.45. The summed E-state index contributed by atoms with van der Waals surface area (Å²) < 4.78 is 27.6. The normalized spacial score (nSPS) is 10.4. The summed E-state index contributed by atoms with van der Waals surface area (Å²) in [5, 5.41) is 0. The summed E-state index contributed by atoms with van der Waals surface area (Å²) >= 11 is 3.18. The Hall–Kier alpha value is -1.75. The van der Waals surface area contributed by atoms with Crippen molar-refractivity contribution >= 4 is 27.4 Å². The van der Waals surface area contributed by atoms with Crippen LogP contribution in [-0.4, -0.2) is 5.78 Å². The molecule has 2 aromatic rings. The van der Waals surface area contributed by atoms with Gasteiger partial charge in [-0.15, -0.1) is 0 Å². The first-order valence-corrected chi connectivity index (χ1v) is 5.83. The van der Waals surface area contributed by atoms with Crippen LogP contribution >= 0.6 is 15.9 Å². The molecular weight excluding hydrogens is 304 g/mol. The van der Waals surface area contributed by atoms with E-state index >= 15 is 0 Å². The van der Waals surface area contributed by atoms with Crippen molar-refractivity contribution in [3.05, 3.63) is 63.6 Å². The second kappa shape index (κ2) is 4.86. The van der Waals surface area contributed by atoms with Gasteiger partial charge in [0.15, 0.2) is 0 Å². The molecule has 0 amide bonds. The molecule has 0 unspecified atom stereocenters. The Kier molecular flexibility index (Phi) is 3.43. The smallest absolute Gasteiger partial charge is 0.201 e. The molecule has 0 spiro atoms. The van der Waals surface area contributed by atoms with Crippen LogP contribution < -0.4 is 5.73 Å². The van der Waals surface area contributed by atoms with E-state index in [0.29, 0.717) is 4.47 Å². The molecule has 0 fully saturated rings. The van der Waals surface area contributed by atoms with E-state index in [-0.39, 0.29) is 11.3 Å². The van der Waals surface area contributed by atoms with E-state index in [1.54, 1.807) is 6.07 Å². The second-order valence-corrected chi connectivity index (χ2v) is 4.57. The summed E-state index contributed by atoms with van der Waals surface area (Å²) in [4.78, 5) is 12.1. The van der Waals surface area contributed by atoms with Crippen molar-refractivity contribution in [2.24, 2.45) is 0 Å². The van der Waals surface area contributed by atoms with Crippen molar-refractivity contribution in [3.63, 3.8) is 0 Å². The van der Waals surface area contributed by atoms with Crippen molar-refractivity contribution in [2.75, 3.05) is 5.73 Å². The van der Waals surface area contributed by atoms with Crippen LogP contribution in [0, 0.1) is 11.6 Å². The standard InChI is InChI=1S/C13H8BrF2NO/c14-7-4-5-11(17)8(6-7)13(18)12-9(15)2-1-3-10(12)16/h1-6H,17H2. The highest BCUT2D eigenvalue weighted by Crippen LogP contribution is 2.24. The first-order chi connectivity index (χ1) is 8.50.